The van der Waals surface area contributed by atoms with Gasteiger partial charge in [0.15, 0.2) is 5.82 Å². The summed E-state index contributed by atoms with van der Waals surface area (Å²) in [6.45, 7) is 2.86. The van der Waals surface area contributed by atoms with Gasteiger partial charge in [0.1, 0.15) is 22.4 Å². The van der Waals surface area contributed by atoms with Gasteiger partial charge in [-0.1, -0.05) is 0 Å². The zero-order valence-electron chi connectivity index (χ0n) is 9.81. The zero-order valence-corrected chi connectivity index (χ0v) is 11.4. The second kappa shape index (κ2) is 5.01. The third-order valence-corrected chi connectivity index (χ3v) is 3.29. The Kier molecular flexibility index (Phi) is 3.63. The summed E-state index contributed by atoms with van der Waals surface area (Å²) in [6.07, 6.45) is 3.47. The molecule has 5 nitrogen and oxygen atoms in total. The Bertz CT molecular complexity index is 547. The minimum Gasteiger partial charge on any atom is -0.358 e. The van der Waals surface area contributed by atoms with E-state index in [0.717, 1.165) is 22.9 Å². The van der Waals surface area contributed by atoms with Crippen molar-refractivity contribution in [2.24, 2.45) is 0 Å². The average Bonchev–Trinajstić information content (AvgIpc) is 2.36. The summed E-state index contributed by atoms with van der Waals surface area (Å²) in [5, 5.41) is 1.03. The van der Waals surface area contributed by atoms with Crippen molar-refractivity contribution in [3.63, 3.8) is 0 Å². The molecule has 17 heavy (non-hydrogen) atoms. The normalized spacial score (nSPS) is 10.8. The summed E-state index contributed by atoms with van der Waals surface area (Å²) in [6, 6.07) is 0. The van der Waals surface area contributed by atoms with Gasteiger partial charge in [-0.3, -0.25) is 0 Å². The zero-order chi connectivity index (χ0) is 12.4. The van der Waals surface area contributed by atoms with Gasteiger partial charge in [-0.15, -0.1) is 11.8 Å². The van der Waals surface area contributed by atoms with Crippen LogP contribution in [-0.2, 0) is 0 Å². The first-order valence-electron chi connectivity index (χ1n) is 5.10. The topological polar surface area (TPSA) is 54.8 Å². The van der Waals surface area contributed by atoms with Gasteiger partial charge in [-0.2, -0.15) is 4.98 Å². The molecule has 0 bridgehead atoms. The quantitative estimate of drug-likeness (QED) is 0.484. The molecule has 0 aliphatic rings. The molecule has 0 saturated heterocycles. The van der Waals surface area contributed by atoms with E-state index < -0.39 is 0 Å². The van der Waals surface area contributed by atoms with Gasteiger partial charge < -0.3 is 4.90 Å². The Hall–Kier alpha value is -1.14. The van der Waals surface area contributed by atoms with Crippen molar-refractivity contribution in [2.45, 2.75) is 11.9 Å². The van der Waals surface area contributed by atoms with Crippen LogP contribution in [0.15, 0.2) is 11.4 Å². The minimum absolute atomic E-state index is 0.220. The van der Waals surface area contributed by atoms with Gasteiger partial charge in [0.05, 0.1) is 0 Å². The SMILES string of the molecule is CCN(C)c1nc(Cl)nc2c(SC)ncnc12. The van der Waals surface area contributed by atoms with Gasteiger partial charge in [0, 0.05) is 13.6 Å². The Morgan fingerprint density at radius 3 is 2.71 bits per heavy atom. The summed E-state index contributed by atoms with van der Waals surface area (Å²) in [4.78, 5) is 18.8. The molecule has 0 saturated carbocycles. The van der Waals surface area contributed by atoms with E-state index in [4.69, 9.17) is 11.6 Å². The Labute approximate surface area is 109 Å². The number of rotatable bonds is 3. The predicted molar refractivity (Wildman–Crippen MR) is 70.9 cm³/mol. The Balaban J connectivity index is 2.76. The van der Waals surface area contributed by atoms with Crippen molar-refractivity contribution in [2.75, 3.05) is 24.7 Å². The fourth-order valence-corrected chi connectivity index (χ4v) is 2.10. The van der Waals surface area contributed by atoms with Crippen LogP contribution >= 0.6 is 23.4 Å². The molecule has 2 rings (SSSR count). The summed E-state index contributed by atoms with van der Waals surface area (Å²) >= 11 is 7.46. The molecule has 0 fully saturated rings. The lowest BCUT2D eigenvalue weighted by Crippen LogP contribution is -2.18. The molecule has 0 aliphatic heterocycles. The highest BCUT2D eigenvalue weighted by Crippen LogP contribution is 2.27. The van der Waals surface area contributed by atoms with Gasteiger partial charge in [-0.05, 0) is 24.8 Å². The molecule has 2 aromatic rings. The maximum atomic E-state index is 5.94. The molecule has 0 spiro atoms. The van der Waals surface area contributed by atoms with Gasteiger partial charge in [0.25, 0.3) is 0 Å². The Morgan fingerprint density at radius 2 is 2.06 bits per heavy atom. The number of hydrogen-bond acceptors (Lipinski definition) is 6. The van der Waals surface area contributed by atoms with E-state index in [2.05, 4.69) is 19.9 Å². The van der Waals surface area contributed by atoms with E-state index in [1.807, 2.05) is 25.1 Å². The maximum Gasteiger partial charge on any atom is 0.225 e. The third kappa shape index (κ3) is 2.28. The molecule has 0 aromatic carbocycles. The number of thioether (sulfide) groups is 1. The minimum atomic E-state index is 0.220. The van der Waals surface area contributed by atoms with Crippen LogP contribution in [0.4, 0.5) is 5.82 Å². The molecule has 2 heterocycles. The van der Waals surface area contributed by atoms with Crippen LogP contribution in [0.5, 0.6) is 0 Å². The molecule has 2 aromatic heterocycles. The van der Waals surface area contributed by atoms with Crippen LogP contribution in [0.1, 0.15) is 6.92 Å². The molecule has 0 unspecified atom stereocenters. The van der Waals surface area contributed by atoms with Crippen LogP contribution in [0.25, 0.3) is 11.0 Å². The molecular weight excluding hydrogens is 258 g/mol. The first-order chi connectivity index (χ1) is 8.17. The second-order valence-electron chi connectivity index (χ2n) is 3.41. The summed E-state index contributed by atoms with van der Waals surface area (Å²) in [7, 11) is 1.94. The highest BCUT2D eigenvalue weighted by molar-refractivity contribution is 7.98. The standard InChI is InChI=1S/C10H12ClN5S/c1-4-16(2)8-6-7(14-10(11)15-8)9(17-3)13-5-12-6/h5H,4H2,1-3H3. The van der Waals surface area contributed by atoms with E-state index in [-0.39, 0.29) is 5.28 Å². The van der Waals surface area contributed by atoms with Crippen LogP contribution in [0.2, 0.25) is 5.28 Å². The van der Waals surface area contributed by atoms with Crippen LogP contribution in [0, 0.1) is 0 Å². The summed E-state index contributed by atoms with van der Waals surface area (Å²) in [5.74, 6) is 0.736. The van der Waals surface area contributed by atoms with E-state index in [1.165, 1.54) is 18.1 Å². The van der Waals surface area contributed by atoms with Crippen molar-refractivity contribution >= 4 is 40.2 Å². The van der Waals surface area contributed by atoms with E-state index in [9.17, 15) is 0 Å². The van der Waals surface area contributed by atoms with E-state index >= 15 is 0 Å². The highest BCUT2D eigenvalue weighted by atomic mass is 35.5. The lowest BCUT2D eigenvalue weighted by Gasteiger charge is -2.17. The van der Waals surface area contributed by atoms with Gasteiger partial charge in [-0.25, -0.2) is 15.0 Å². The van der Waals surface area contributed by atoms with E-state index in [0.29, 0.717) is 5.52 Å². The molecule has 0 atom stereocenters. The number of nitrogens with zero attached hydrogens (tertiary/aromatic N) is 5. The first kappa shape index (κ1) is 12.3. The highest BCUT2D eigenvalue weighted by Gasteiger charge is 2.14. The molecule has 90 valence electrons. The average molecular weight is 270 g/mol. The van der Waals surface area contributed by atoms with Gasteiger partial charge in [0.2, 0.25) is 5.28 Å². The molecule has 0 aliphatic carbocycles. The number of fused-ring (bicyclic) bond motifs is 1. The van der Waals surface area contributed by atoms with Crippen LogP contribution < -0.4 is 4.90 Å². The summed E-state index contributed by atoms with van der Waals surface area (Å²) in [5.41, 5.74) is 1.44. The van der Waals surface area contributed by atoms with Crippen molar-refractivity contribution in [3.05, 3.63) is 11.6 Å². The molecule has 0 N–H and O–H groups in total. The largest absolute Gasteiger partial charge is 0.358 e. The second-order valence-corrected chi connectivity index (χ2v) is 4.54. The van der Waals surface area contributed by atoms with Crippen molar-refractivity contribution in [1.82, 2.24) is 19.9 Å². The molecular formula is C10H12ClN5S. The fourth-order valence-electron chi connectivity index (χ4n) is 1.45. The maximum absolute atomic E-state index is 5.94. The predicted octanol–water partition coefficient (Wildman–Crippen LogP) is 2.25. The van der Waals surface area contributed by atoms with Crippen LogP contribution in [0.3, 0.4) is 0 Å². The monoisotopic (exact) mass is 269 g/mol. The number of aromatic nitrogens is 4. The lowest BCUT2D eigenvalue weighted by molar-refractivity contribution is 0.930. The Morgan fingerprint density at radius 1 is 1.29 bits per heavy atom. The smallest absolute Gasteiger partial charge is 0.225 e. The van der Waals surface area contributed by atoms with Crippen molar-refractivity contribution in [1.29, 1.82) is 0 Å². The third-order valence-electron chi connectivity index (χ3n) is 2.43. The van der Waals surface area contributed by atoms with Crippen LogP contribution in [-0.4, -0.2) is 39.8 Å². The number of anilines is 1. The van der Waals surface area contributed by atoms with Gasteiger partial charge >= 0.3 is 0 Å². The lowest BCUT2D eigenvalue weighted by atomic mass is 10.4. The summed E-state index contributed by atoms with van der Waals surface area (Å²) < 4.78 is 0. The fraction of sp³-hybridized carbons (Fsp3) is 0.400. The molecule has 7 heteroatoms. The van der Waals surface area contributed by atoms with Crippen molar-refractivity contribution in [3.8, 4) is 0 Å². The number of hydrogen-bond donors (Lipinski definition) is 0. The first-order valence-corrected chi connectivity index (χ1v) is 6.71. The number of halogens is 1. The molecule has 0 radical (unpaired) electrons. The molecule has 0 amide bonds. The van der Waals surface area contributed by atoms with E-state index in [1.54, 1.807) is 0 Å². The van der Waals surface area contributed by atoms with Crippen molar-refractivity contribution < 1.29 is 0 Å².